The van der Waals surface area contributed by atoms with E-state index in [0.29, 0.717) is 17.6 Å². The number of nitrogens with two attached hydrogens (primary N) is 1. The van der Waals surface area contributed by atoms with Crippen molar-refractivity contribution in [1.29, 1.82) is 0 Å². The fourth-order valence-corrected chi connectivity index (χ4v) is 2.65. The molecule has 0 amide bonds. The van der Waals surface area contributed by atoms with Gasteiger partial charge in [-0.3, -0.25) is 0 Å². The number of nitrogens with zero attached hydrogens (tertiary/aromatic N) is 1. The topological polar surface area (TPSA) is 48.1 Å². The minimum Gasteiger partial charge on any atom is -0.481 e. The fraction of sp³-hybridized carbons (Fsp3) is 0.583. The lowest BCUT2D eigenvalue weighted by Crippen LogP contribution is -2.36. The van der Waals surface area contributed by atoms with Crippen LogP contribution in [0.1, 0.15) is 31.2 Å². The molecule has 0 spiro atoms. The highest BCUT2D eigenvalue weighted by Gasteiger charge is 2.40. The normalized spacial score (nSPS) is 17.9. The van der Waals surface area contributed by atoms with Gasteiger partial charge in [0, 0.05) is 11.0 Å². The summed E-state index contributed by atoms with van der Waals surface area (Å²) < 4.78 is 5.32. The molecule has 1 fully saturated rings. The first kappa shape index (κ1) is 11.7. The predicted octanol–water partition coefficient (Wildman–Crippen LogP) is 2.51. The van der Waals surface area contributed by atoms with Gasteiger partial charge in [-0.2, -0.15) is 0 Å². The number of methoxy groups -OCH3 is 1. The second kappa shape index (κ2) is 4.60. The Morgan fingerprint density at radius 3 is 2.75 bits per heavy atom. The number of aromatic nitrogens is 1. The minimum atomic E-state index is 0.178. The zero-order valence-electron chi connectivity index (χ0n) is 9.50. The summed E-state index contributed by atoms with van der Waals surface area (Å²) >= 11 is 5.87. The number of ether oxygens (including phenoxy) is 1. The molecule has 88 valence electrons. The van der Waals surface area contributed by atoms with Crippen LogP contribution in [0.2, 0.25) is 5.15 Å². The Balaban J connectivity index is 2.37. The molecule has 0 aliphatic heterocycles. The van der Waals surface area contributed by atoms with Crippen molar-refractivity contribution in [1.82, 2.24) is 4.98 Å². The molecule has 1 aliphatic carbocycles. The first-order valence-corrected chi connectivity index (χ1v) is 6.01. The van der Waals surface area contributed by atoms with Gasteiger partial charge in [0.05, 0.1) is 7.11 Å². The van der Waals surface area contributed by atoms with Crippen LogP contribution in [0.4, 0.5) is 0 Å². The van der Waals surface area contributed by atoms with E-state index in [1.807, 2.05) is 12.1 Å². The van der Waals surface area contributed by atoms with E-state index in [-0.39, 0.29) is 5.41 Å². The minimum absolute atomic E-state index is 0.178. The van der Waals surface area contributed by atoms with Crippen LogP contribution in [-0.2, 0) is 5.41 Å². The van der Waals surface area contributed by atoms with Crippen molar-refractivity contribution in [3.05, 3.63) is 22.8 Å². The smallest absolute Gasteiger partial charge is 0.218 e. The molecule has 3 nitrogen and oxygen atoms in total. The van der Waals surface area contributed by atoms with Gasteiger partial charge in [0.1, 0.15) is 5.15 Å². The molecular weight excluding hydrogens is 224 g/mol. The lowest BCUT2D eigenvalue weighted by molar-refractivity contribution is 0.219. The number of halogens is 1. The summed E-state index contributed by atoms with van der Waals surface area (Å²) in [6, 6.07) is 3.86. The maximum absolute atomic E-state index is 5.87. The Bertz CT molecular complexity index is 377. The molecule has 1 heterocycles. The van der Waals surface area contributed by atoms with Crippen molar-refractivity contribution in [3.63, 3.8) is 0 Å². The highest BCUT2D eigenvalue weighted by atomic mass is 35.5. The standard InChI is InChI=1S/C12H17ClN2O/c1-16-11-9(3-4-10(13)15-11)12(7-8-14)5-2-6-12/h3-4H,2,5-8,14H2,1H3. The van der Waals surface area contributed by atoms with E-state index in [1.54, 1.807) is 7.11 Å². The first-order valence-electron chi connectivity index (χ1n) is 5.63. The van der Waals surface area contributed by atoms with Crippen LogP contribution in [0.5, 0.6) is 5.88 Å². The molecule has 1 aromatic rings. The lowest BCUT2D eigenvalue weighted by Gasteiger charge is -2.42. The number of rotatable bonds is 4. The monoisotopic (exact) mass is 240 g/mol. The van der Waals surface area contributed by atoms with Gasteiger partial charge in [-0.05, 0) is 31.9 Å². The SMILES string of the molecule is COc1nc(Cl)ccc1C1(CCN)CCC1. The quantitative estimate of drug-likeness (QED) is 0.823. The van der Waals surface area contributed by atoms with Gasteiger partial charge in [-0.15, -0.1) is 0 Å². The van der Waals surface area contributed by atoms with E-state index >= 15 is 0 Å². The molecule has 2 N–H and O–H groups in total. The van der Waals surface area contributed by atoms with Crippen LogP contribution in [0, 0.1) is 0 Å². The van der Waals surface area contributed by atoms with Gasteiger partial charge in [0.15, 0.2) is 0 Å². The zero-order valence-corrected chi connectivity index (χ0v) is 10.3. The lowest BCUT2D eigenvalue weighted by atomic mass is 9.63. The molecule has 0 bridgehead atoms. The van der Waals surface area contributed by atoms with Gasteiger partial charge < -0.3 is 10.5 Å². The Kier molecular flexibility index (Phi) is 3.36. The van der Waals surface area contributed by atoms with Gasteiger partial charge in [-0.1, -0.05) is 24.1 Å². The van der Waals surface area contributed by atoms with Crippen LogP contribution in [0.3, 0.4) is 0 Å². The Hall–Kier alpha value is -0.800. The zero-order chi connectivity index (χ0) is 11.6. The van der Waals surface area contributed by atoms with E-state index in [2.05, 4.69) is 4.98 Å². The van der Waals surface area contributed by atoms with Gasteiger partial charge in [0.2, 0.25) is 5.88 Å². The molecule has 0 saturated heterocycles. The van der Waals surface area contributed by atoms with E-state index in [1.165, 1.54) is 19.3 Å². The summed E-state index contributed by atoms with van der Waals surface area (Å²) in [5.74, 6) is 0.653. The highest BCUT2D eigenvalue weighted by molar-refractivity contribution is 6.29. The number of pyridine rings is 1. The molecule has 4 heteroatoms. The summed E-state index contributed by atoms with van der Waals surface area (Å²) in [5.41, 5.74) is 7.04. The molecule has 1 aliphatic rings. The fourth-order valence-electron chi connectivity index (χ4n) is 2.51. The van der Waals surface area contributed by atoms with Crippen LogP contribution >= 0.6 is 11.6 Å². The average Bonchev–Trinajstić information content (AvgIpc) is 2.24. The van der Waals surface area contributed by atoms with E-state index < -0.39 is 0 Å². The summed E-state index contributed by atoms with van der Waals surface area (Å²) in [5, 5.41) is 0.475. The number of hydrogen-bond donors (Lipinski definition) is 1. The summed E-state index contributed by atoms with van der Waals surface area (Å²) in [6.45, 7) is 0.700. The van der Waals surface area contributed by atoms with E-state index in [0.717, 1.165) is 12.0 Å². The Labute approximate surface area is 101 Å². The molecule has 0 unspecified atom stereocenters. The molecule has 1 saturated carbocycles. The summed E-state index contributed by atoms with van der Waals surface area (Å²) in [4.78, 5) is 4.22. The van der Waals surface area contributed by atoms with Gasteiger partial charge >= 0.3 is 0 Å². The maximum atomic E-state index is 5.87. The Morgan fingerprint density at radius 2 is 2.25 bits per heavy atom. The maximum Gasteiger partial charge on any atom is 0.218 e. The molecule has 16 heavy (non-hydrogen) atoms. The average molecular weight is 241 g/mol. The summed E-state index contributed by atoms with van der Waals surface area (Å²) in [6.07, 6.45) is 4.59. The molecule has 2 rings (SSSR count). The van der Waals surface area contributed by atoms with Crippen molar-refractivity contribution < 1.29 is 4.74 Å². The molecule has 1 aromatic heterocycles. The second-order valence-corrected chi connectivity index (χ2v) is 4.75. The second-order valence-electron chi connectivity index (χ2n) is 4.36. The van der Waals surface area contributed by atoms with Crippen molar-refractivity contribution in [2.45, 2.75) is 31.1 Å². The van der Waals surface area contributed by atoms with E-state index in [4.69, 9.17) is 22.1 Å². The molecule has 0 radical (unpaired) electrons. The third-order valence-electron chi connectivity index (χ3n) is 3.52. The highest BCUT2D eigenvalue weighted by Crippen LogP contribution is 2.48. The largest absolute Gasteiger partial charge is 0.481 e. The third-order valence-corrected chi connectivity index (χ3v) is 3.74. The van der Waals surface area contributed by atoms with Crippen LogP contribution in [-0.4, -0.2) is 18.6 Å². The summed E-state index contributed by atoms with van der Waals surface area (Å²) in [7, 11) is 1.64. The van der Waals surface area contributed by atoms with Crippen LogP contribution in [0.25, 0.3) is 0 Å². The third kappa shape index (κ3) is 1.89. The van der Waals surface area contributed by atoms with Crippen molar-refractivity contribution in [2.75, 3.05) is 13.7 Å². The molecule has 0 atom stereocenters. The van der Waals surface area contributed by atoms with Crippen LogP contribution in [0.15, 0.2) is 12.1 Å². The van der Waals surface area contributed by atoms with Gasteiger partial charge in [0.25, 0.3) is 0 Å². The molecular formula is C12H17ClN2O. The van der Waals surface area contributed by atoms with Crippen molar-refractivity contribution >= 4 is 11.6 Å². The number of hydrogen-bond acceptors (Lipinski definition) is 3. The predicted molar refractivity (Wildman–Crippen MR) is 65.0 cm³/mol. The molecule has 0 aromatic carbocycles. The first-order chi connectivity index (χ1) is 7.72. The van der Waals surface area contributed by atoms with Gasteiger partial charge in [-0.25, -0.2) is 4.98 Å². The van der Waals surface area contributed by atoms with Crippen molar-refractivity contribution in [3.8, 4) is 5.88 Å². The van der Waals surface area contributed by atoms with E-state index in [9.17, 15) is 0 Å². The Morgan fingerprint density at radius 1 is 1.50 bits per heavy atom. The van der Waals surface area contributed by atoms with Crippen molar-refractivity contribution in [2.24, 2.45) is 5.73 Å². The van der Waals surface area contributed by atoms with Crippen LogP contribution < -0.4 is 10.5 Å².